The molecule has 1 aromatic rings. The van der Waals surface area contributed by atoms with Gasteiger partial charge in [-0.05, 0) is 20.8 Å². The van der Waals surface area contributed by atoms with Crippen molar-refractivity contribution in [3.63, 3.8) is 0 Å². The van der Waals surface area contributed by atoms with Gasteiger partial charge >= 0.3 is 0 Å². The molecule has 0 aliphatic heterocycles. The van der Waals surface area contributed by atoms with E-state index in [0.29, 0.717) is 0 Å². The summed E-state index contributed by atoms with van der Waals surface area (Å²) in [4.78, 5) is 19.4. The van der Waals surface area contributed by atoms with Crippen LogP contribution in [0.4, 0.5) is 0 Å². The van der Waals surface area contributed by atoms with Gasteiger partial charge in [0, 0.05) is 17.2 Å². The van der Waals surface area contributed by atoms with Gasteiger partial charge in [-0.25, -0.2) is 4.98 Å². The number of rotatable bonds is 3. The molecular formula is C13H23N3O. The zero-order chi connectivity index (χ0) is 13.3. The number of carbonyl (C=O) groups is 1. The molecule has 17 heavy (non-hydrogen) atoms. The summed E-state index contributed by atoms with van der Waals surface area (Å²) < 4.78 is 0. The third-order valence-corrected chi connectivity index (χ3v) is 2.41. The van der Waals surface area contributed by atoms with Crippen molar-refractivity contribution in [2.24, 2.45) is 5.41 Å². The van der Waals surface area contributed by atoms with Gasteiger partial charge in [-0.1, -0.05) is 20.8 Å². The number of hydrogen-bond donors (Lipinski definition) is 2. The van der Waals surface area contributed by atoms with E-state index in [1.54, 1.807) is 12.5 Å². The van der Waals surface area contributed by atoms with Crippen LogP contribution in [-0.2, 0) is 4.79 Å². The Kier molecular flexibility index (Phi) is 3.77. The van der Waals surface area contributed by atoms with E-state index in [2.05, 4.69) is 15.3 Å². The van der Waals surface area contributed by atoms with Crippen molar-refractivity contribution in [3.8, 4) is 0 Å². The Labute approximate surface area is 103 Å². The van der Waals surface area contributed by atoms with Gasteiger partial charge in [-0.15, -0.1) is 0 Å². The lowest BCUT2D eigenvalue weighted by molar-refractivity contribution is -0.129. The van der Waals surface area contributed by atoms with Crippen molar-refractivity contribution in [3.05, 3.63) is 18.2 Å². The van der Waals surface area contributed by atoms with Gasteiger partial charge in [0.15, 0.2) is 5.78 Å². The predicted octanol–water partition coefficient (Wildman–Crippen LogP) is 2.45. The average Bonchev–Trinajstić information content (AvgIpc) is 2.62. The number of hydrogen-bond acceptors (Lipinski definition) is 3. The molecule has 0 fully saturated rings. The number of aromatic amines is 1. The molecule has 0 bridgehead atoms. The molecule has 0 aliphatic carbocycles. The summed E-state index contributed by atoms with van der Waals surface area (Å²) in [7, 11) is 0. The number of nitrogens with zero attached hydrogens (tertiary/aromatic N) is 1. The number of ketones is 1. The lowest BCUT2D eigenvalue weighted by atomic mass is 9.84. The minimum absolute atomic E-state index is 0.128. The van der Waals surface area contributed by atoms with Crippen molar-refractivity contribution < 1.29 is 4.79 Å². The quantitative estimate of drug-likeness (QED) is 0.849. The Morgan fingerprint density at radius 2 is 1.88 bits per heavy atom. The van der Waals surface area contributed by atoms with E-state index in [1.807, 2.05) is 41.5 Å². The maximum absolute atomic E-state index is 12.4. The highest BCUT2D eigenvalue weighted by molar-refractivity contribution is 5.89. The smallest absolute Gasteiger partial charge is 0.161 e. The molecule has 0 saturated heterocycles. The van der Waals surface area contributed by atoms with Crippen molar-refractivity contribution >= 4 is 5.78 Å². The molecule has 4 nitrogen and oxygen atoms in total. The van der Waals surface area contributed by atoms with Gasteiger partial charge in [-0.2, -0.15) is 0 Å². The fourth-order valence-electron chi connectivity index (χ4n) is 1.58. The minimum atomic E-state index is -0.381. The van der Waals surface area contributed by atoms with Crippen LogP contribution in [0.2, 0.25) is 0 Å². The monoisotopic (exact) mass is 237 g/mol. The average molecular weight is 237 g/mol. The summed E-state index contributed by atoms with van der Waals surface area (Å²) in [6.45, 7) is 11.9. The fourth-order valence-corrected chi connectivity index (χ4v) is 1.58. The molecule has 1 rings (SSSR count). The molecule has 4 heteroatoms. The van der Waals surface area contributed by atoms with Crippen LogP contribution in [0.3, 0.4) is 0 Å². The van der Waals surface area contributed by atoms with Gasteiger partial charge in [0.1, 0.15) is 6.04 Å². The van der Waals surface area contributed by atoms with Crippen LogP contribution < -0.4 is 5.32 Å². The molecule has 0 saturated carbocycles. The molecule has 1 unspecified atom stereocenters. The highest BCUT2D eigenvalue weighted by Crippen LogP contribution is 2.26. The maximum atomic E-state index is 12.4. The normalized spacial score (nSPS) is 14.7. The molecule has 0 spiro atoms. The molecule has 0 aromatic carbocycles. The first-order valence-electron chi connectivity index (χ1n) is 5.91. The Hall–Kier alpha value is -1.16. The van der Waals surface area contributed by atoms with Crippen molar-refractivity contribution in [1.82, 2.24) is 15.3 Å². The first-order chi connectivity index (χ1) is 7.61. The first-order valence-corrected chi connectivity index (χ1v) is 5.91. The van der Waals surface area contributed by atoms with E-state index >= 15 is 0 Å². The standard InChI is InChI=1S/C13H23N3O/c1-12(2,3)11(17)10(16-13(4,5)6)9-7-14-8-15-9/h7-8,10,16H,1-6H3,(H,14,15). The summed E-state index contributed by atoms with van der Waals surface area (Å²) in [5.41, 5.74) is 0.310. The second-order valence-electron chi connectivity index (χ2n) is 6.45. The Bertz CT molecular complexity index is 368. The molecule has 96 valence electrons. The molecule has 0 amide bonds. The summed E-state index contributed by atoms with van der Waals surface area (Å²) in [6, 6.07) is -0.336. The molecular weight excluding hydrogens is 214 g/mol. The van der Waals surface area contributed by atoms with Crippen LogP contribution in [0.5, 0.6) is 0 Å². The predicted molar refractivity (Wildman–Crippen MR) is 68.7 cm³/mol. The largest absolute Gasteiger partial charge is 0.347 e. The Balaban J connectivity index is 3.00. The molecule has 2 N–H and O–H groups in total. The maximum Gasteiger partial charge on any atom is 0.161 e. The van der Waals surface area contributed by atoms with Crippen molar-refractivity contribution in [1.29, 1.82) is 0 Å². The second-order valence-corrected chi connectivity index (χ2v) is 6.45. The van der Waals surface area contributed by atoms with Crippen LogP contribution in [0, 0.1) is 5.41 Å². The fraction of sp³-hybridized carbons (Fsp3) is 0.692. The zero-order valence-electron chi connectivity index (χ0n) is 11.6. The van der Waals surface area contributed by atoms with Crippen LogP contribution in [0.25, 0.3) is 0 Å². The number of aromatic nitrogens is 2. The highest BCUT2D eigenvalue weighted by Gasteiger charge is 2.33. The highest BCUT2D eigenvalue weighted by atomic mass is 16.1. The van der Waals surface area contributed by atoms with Gasteiger partial charge < -0.3 is 4.98 Å². The van der Waals surface area contributed by atoms with Gasteiger partial charge in [0.25, 0.3) is 0 Å². The number of imidazole rings is 1. The first kappa shape index (κ1) is 13.9. The molecule has 0 aliphatic rings. The summed E-state index contributed by atoms with van der Waals surface area (Å²) in [5.74, 6) is 0.164. The molecule has 1 heterocycles. The van der Waals surface area contributed by atoms with Gasteiger partial charge in [-0.3, -0.25) is 10.1 Å². The van der Waals surface area contributed by atoms with E-state index in [0.717, 1.165) is 5.69 Å². The van der Waals surface area contributed by atoms with E-state index in [-0.39, 0.29) is 22.8 Å². The van der Waals surface area contributed by atoms with Gasteiger partial charge in [0.2, 0.25) is 0 Å². The molecule has 1 atom stereocenters. The van der Waals surface area contributed by atoms with Crippen LogP contribution in [0.1, 0.15) is 53.3 Å². The number of carbonyl (C=O) groups excluding carboxylic acids is 1. The number of Topliss-reactive ketones (excluding diaryl/α,β-unsaturated/α-hetero) is 1. The van der Waals surface area contributed by atoms with E-state index in [9.17, 15) is 4.79 Å². The summed E-state index contributed by atoms with van der Waals surface area (Å²) in [6.07, 6.45) is 3.30. The third-order valence-electron chi connectivity index (χ3n) is 2.41. The van der Waals surface area contributed by atoms with Gasteiger partial charge in [0.05, 0.1) is 12.0 Å². The van der Waals surface area contributed by atoms with Crippen molar-refractivity contribution in [2.75, 3.05) is 0 Å². The second kappa shape index (κ2) is 4.61. The molecule has 1 aromatic heterocycles. The van der Waals surface area contributed by atoms with Crippen LogP contribution in [0.15, 0.2) is 12.5 Å². The number of nitrogens with one attached hydrogen (secondary N) is 2. The SMILES string of the molecule is CC(C)(C)NC(C(=O)C(C)(C)C)c1cnc[nH]1. The topological polar surface area (TPSA) is 57.8 Å². The Morgan fingerprint density at radius 3 is 2.24 bits per heavy atom. The lowest BCUT2D eigenvalue weighted by Gasteiger charge is -2.31. The zero-order valence-corrected chi connectivity index (χ0v) is 11.6. The van der Waals surface area contributed by atoms with E-state index in [1.165, 1.54) is 0 Å². The van der Waals surface area contributed by atoms with Crippen molar-refractivity contribution in [2.45, 2.75) is 53.1 Å². The van der Waals surface area contributed by atoms with Crippen LogP contribution >= 0.6 is 0 Å². The summed E-state index contributed by atoms with van der Waals surface area (Å²) in [5, 5.41) is 3.34. The third kappa shape index (κ3) is 3.97. The summed E-state index contributed by atoms with van der Waals surface area (Å²) >= 11 is 0. The number of H-pyrrole nitrogens is 1. The van der Waals surface area contributed by atoms with E-state index in [4.69, 9.17) is 0 Å². The van der Waals surface area contributed by atoms with Crippen LogP contribution in [-0.4, -0.2) is 21.3 Å². The molecule has 0 radical (unpaired) electrons. The minimum Gasteiger partial charge on any atom is -0.347 e. The van der Waals surface area contributed by atoms with E-state index < -0.39 is 0 Å². The Morgan fingerprint density at radius 1 is 1.29 bits per heavy atom. The lowest BCUT2D eigenvalue weighted by Crippen LogP contribution is -2.45.